The Kier molecular flexibility index (Phi) is 5.08. The highest BCUT2D eigenvalue weighted by Crippen LogP contribution is 2.31. The van der Waals surface area contributed by atoms with E-state index >= 15 is 0 Å². The van der Waals surface area contributed by atoms with Crippen LogP contribution in [0.25, 0.3) is 0 Å². The summed E-state index contributed by atoms with van der Waals surface area (Å²) in [5, 5.41) is 11.6. The number of halogens is 2. The molecule has 1 unspecified atom stereocenters. The summed E-state index contributed by atoms with van der Waals surface area (Å²) in [4.78, 5) is 0. The molecule has 0 aromatic heterocycles. The zero-order chi connectivity index (χ0) is 14.6. The smallest absolute Gasteiger partial charge is 0.146 e. The molecule has 0 aliphatic rings. The van der Waals surface area contributed by atoms with Crippen molar-refractivity contribution in [2.75, 3.05) is 5.33 Å². The third-order valence-corrected chi connectivity index (χ3v) is 3.83. The predicted molar refractivity (Wildman–Crippen MR) is 85.9 cm³/mol. The van der Waals surface area contributed by atoms with E-state index in [0.717, 1.165) is 10.9 Å². The Morgan fingerprint density at radius 2 is 1.80 bits per heavy atom. The van der Waals surface area contributed by atoms with Crippen LogP contribution in [-0.4, -0.2) is 10.4 Å². The number of hydrogen-bond acceptors (Lipinski definition) is 2. The summed E-state index contributed by atoms with van der Waals surface area (Å²) < 4.78 is 5.71. The molecular weight excluding hydrogens is 340 g/mol. The molecule has 2 rings (SSSR count). The molecule has 0 aliphatic carbocycles. The maximum atomic E-state index is 10.3. The molecule has 0 heterocycles. The van der Waals surface area contributed by atoms with Gasteiger partial charge >= 0.3 is 0 Å². The van der Waals surface area contributed by atoms with Crippen LogP contribution in [0.4, 0.5) is 0 Å². The zero-order valence-electron chi connectivity index (χ0n) is 11.1. The van der Waals surface area contributed by atoms with Crippen molar-refractivity contribution in [3.05, 3.63) is 59.1 Å². The minimum absolute atomic E-state index is 0.572. The molecular formula is C16H16BrClO2. The van der Waals surface area contributed by atoms with Crippen molar-refractivity contribution in [1.29, 1.82) is 0 Å². The summed E-state index contributed by atoms with van der Waals surface area (Å²) in [6, 6.07) is 14.7. The Balaban J connectivity index is 2.15. The van der Waals surface area contributed by atoms with E-state index in [1.807, 2.05) is 42.5 Å². The first kappa shape index (κ1) is 15.4. The van der Waals surface area contributed by atoms with Crippen LogP contribution in [0.2, 0.25) is 5.02 Å². The van der Waals surface area contributed by atoms with Gasteiger partial charge in [-0.3, -0.25) is 0 Å². The van der Waals surface area contributed by atoms with Gasteiger partial charge in [-0.05, 0) is 43.2 Å². The topological polar surface area (TPSA) is 29.5 Å². The van der Waals surface area contributed by atoms with E-state index in [-0.39, 0.29) is 0 Å². The highest BCUT2D eigenvalue weighted by atomic mass is 79.9. The van der Waals surface area contributed by atoms with E-state index in [2.05, 4.69) is 15.9 Å². The van der Waals surface area contributed by atoms with E-state index < -0.39 is 5.60 Å². The number of para-hydroxylation sites is 1. The summed E-state index contributed by atoms with van der Waals surface area (Å²) >= 11 is 9.40. The molecule has 0 radical (unpaired) electrons. The fourth-order valence-electron chi connectivity index (χ4n) is 1.86. The Morgan fingerprint density at radius 3 is 2.40 bits per heavy atom. The average Bonchev–Trinajstić information content (AvgIpc) is 2.42. The van der Waals surface area contributed by atoms with Crippen LogP contribution in [-0.2, 0) is 5.60 Å². The maximum absolute atomic E-state index is 10.3. The molecule has 0 amide bonds. The number of hydrogen-bond donors (Lipinski definition) is 1. The van der Waals surface area contributed by atoms with Crippen molar-refractivity contribution in [3.8, 4) is 11.5 Å². The Hall–Kier alpha value is -1.03. The van der Waals surface area contributed by atoms with Gasteiger partial charge in [0.2, 0.25) is 0 Å². The van der Waals surface area contributed by atoms with Gasteiger partial charge in [0.25, 0.3) is 0 Å². The number of aliphatic hydroxyl groups is 1. The lowest BCUT2D eigenvalue weighted by Gasteiger charge is -2.23. The molecule has 2 aromatic rings. The molecule has 0 aliphatic heterocycles. The second-order valence-electron chi connectivity index (χ2n) is 4.77. The van der Waals surface area contributed by atoms with E-state index in [1.165, 1.54) is 0 Å². The lowest BCUT2D eigenvalue weighted by molar-refractivity contribution is 0.0546. The second-order valence-corrected chi connectivity index (χ2v) is 5.97. The predicted octanol–water partition coefficient (Wildman–Crippen LogP) is 5.12. The summed E-state index contributed by atoms with van der Waals surface area (Å²) in [5.74, 6) is 1.31. The van der Waals surface area contributed by atoms with Crippen LogP contribution in [0.3, 0.4) is 0 Å². The van der Waals surface area contributed by atoms with Crippen LogP contribution in [0.1, 0.15) is 18.9 Å². The first-order chi connectivity index (χ1) is 9.53. The summed E-state index contributed by atoms with van der Waals surface area (Å²) in [6.45, 7) is 1.80. The third-order valence-electron chi connectivity index (χ3n) is 3.12. The molecule has 2 aromatic carbocycles. The van der Waals surface area contributed by atoms with E-state index in [9.17, 15) is 5.11 Å². The molecule has 1 atom stereocenters. The van der Waals surface area contributed by atoms with Crippen LogP contribution >= 0.6 is 27.5 Å². The molecule has 2 nitrogen and oxygen atoms in total. The molecule has 20 heavy (non-hydrogen) atoms. The Morgan fingerprint density at radius 1 is 1.15 bits per heavy atom. The Bertz CT molecular complexity index is 567. The van der Waals surface area contributed by atoms with Crippen LogP contribution in [0.15, 0.2) is 48.5 Å². The van der Waals surface area contributed by atoms with Crippen molar-refractivity contribution in [2.45, 2.75) is 18.9 Å². The van der Waals surface area contributed by atoms with Gasteiger partial charge in [-0.2, -0.15) is 0 Å². The second kappa shape index (κ2) is 6.61. The van der Waals surface area contributed by atoms with Gasteiger partial charge in [-0.25, -0.2) is 0 Å². The van der Waals surface area contributed by atoms with Gasteiger partial charge in [0, 0.05) is 5.33 Å². The first-order valence-electron chi connectivity index (χ1n) is 6.34. The minimum Gasteiger partial charge on any atom is -0.456 e. The van der Waals surface area contributed by atoms with E-state index in [0.29, 0.717) is 22.9 Å². The van der Waals surface area contributed by atoms with Crippen molar-refractivity contribution >= 4 is 27.5 Å². The molecule has 0 saturated heterocycles. The largest absolute Gasteiger partial charge is 0.456 e. The van der Waals surface area contributed by atoms with Gasteiger partial charge < -0.3 is 9.84 Å². The molecule has 0 bridgehead atoms. The summed E-state index contributed by atoms with van der Waals surface area (Å²) in [6.07, 6.45) is 0.651. The van der Waals surface area contributed by atoms with Gasteiger partial charge in [0.1, 0.15) is 11.5 Å². The molecule has 0 fully saturated rings. The van der Waals surface area contributed by atoms with Gasteiger partial charge in [0.05, 0.1) is 10.6 Å². The zero-order valence-corrected chi connectivity index (χ0v) is 13.5. The van der Waals surface area contributed by atoms with Crippen LogP contribution in [0.5, 0.6) is 11.5 Å². The number of benzene rings is 2. The highest BCUT2D eigenvalue weighted by molar-refractivity contribution is 9.09. The van der Waals surface area contributed by atoms with Gasteiger partial charge in [-0.1, -0.05) is 51.8 Å². The average molecular weight is 356 g/mol. The van der Waals surface area contributed by atoms with E-state index in [4.69, 9.17) is 16.3 Å². The molecule has 0 saturated carbocycles. The molecule has 4 heteroatoms. The summed E-state index contributed by atoms with van der Waals surface area (Å²) in [7, 11) is 0. The highest BCUT2D eigenvalue weighted by Gasteiger charge is 2.21. The Labute approximate surface area is 132 Å². The van der Waals surface area contributed by atoms with Crippen molar-refractivity contribution in [1.82, 2.24) is 0 Å². The third kappa shape index (κ3) is 3.75. The van der Waals surface area contributed by atoms with Crippen LogP contribution in [0, 0.1) is 0 Å². The maximum Gasteiger partial charge on any atom is 0.146 e. The van der Waals surface area contributed by atoms with Crippen molar-refractivity contribution < 1.29 is 9.84 Å². The molecule has 1 N–H and O–H groups in total. The fourth-order valence-corrected chi connectivity index (χ4v) is 2.81. The van der Waals surface area contributed by atoms with Crippen molar-refractivity contribution in [3.63, 3.8) is 0 Å². The fraction of sp³-hybridized carbons (Fsp3) is 0.250. The monoisotopic (exact) mass is 354 g/mol. The summed E-state index contributed by atoms with van der Waals surface area (Å²) in [5.41, 5.74) is 0.0235. The quantitative estimate of drug-likeness (QED) is 0.754. The number of rotatable bonds is 5. The lowest BCUT2D eigenvalue weighted by Crippen LogP contribution is -2.21. The van der Waals surface area contributed by atoms with Gasteiger partial charge in [-0.15, -0.1) is 0 Å². The normalized spacial score (nSPS) is 13.8. The SMILES string of the molecule is CC(O)(CCBr)c1ccc(Oc2ccccc2Cl)cc1. The molecule has 106 valence electrons. The number of alkyl halides is 1. The lowest BCUT2D eigenvalue weighted by atomic mass is 9.93. The number of ether oxygens (including phenoxy) is 1. The standard InChI is InChI=1S/C16H16BrClO2/c1-16(19,10-11-17)12-6-8-13(9-7-12)20-15-5-3-2-4-14(15)18/h2-9,19H,10-11H2,1H3. The van der Waals surface area contributed by atoms with Crippen LogP contribution < -0.4 is 4.74 Å². The van der Waals surface area contributed by atoms with Gasteiger partial charge in [0.15, 0.2) is 0 Å². The first-order valence-corrected chi connectivity index (χ1v) is 7.84. The minimum atomic E-state index is -0.841. The molecule has 0 spiro atoms. The van der Waals surface area contributed by atoms with Crippen molar-refractivity contribution in [2.24, 2.45) is 0 Å². The van der Waals surface area contributed by atoms with E-state index in [1.54, 1.807) is 13.0 Å².